The Kier molecular flexibility index (Phi) is 7.29. The minimum atomic E-state index is -4.90. The lowest BCUT2D eigenvalue weighted by molar-refractivity contribution is -0.286. The van der Waals surface area contributed by atoms with Gasteiger partial charge in [-0.15, -0.1) is 8.78 Å². The maximum Gasteiger partial charge on any atom is 0.586 e. The third-order valence-electron chi connectivity index (χ3n) is 6.44. The van der Waals surface area contributed by atoms with Crippen LogP contribution in [0.4, 0.5) is 27.6 Å². The second-order valence-corrected chi connectivity index (χ2v) is 9.58. The Bertz CT molecular complexity index is 1510. The van der Waals surface area contributed by atoms with Gasteiger partial charge in [0.25, 0.3) is 5.91 Å². The summed E-state index contributed by atoms with van der Waals surface area (Å²) in [5.74, 6) is -2.19. The molecule has 3 aromatic rings. The number of rotatable bonds is 7. The fourth-order valence-corrected chi connectivity index (χ4v) is 4.68. The number of ether oxygens (including phenoxy) is 3. The van der Waals surface area contributed by atoms with Gasteiger partial charge < -0.3 is 29.5 Å². The third kappa shape index (κ3) is 5.78. The number of carboxylic acid groups (broad SMARTS) is 1. The number of carboxylic acids is 1. The van der Waals surface area contributed by atoms with E-state index < -0.39 is 53.8 Å². The topological polar surface area (TPSA) is 115 Å². The van der Waals surface area contributed by atoms with Gasteiger partial charge >= 0.3 is 18.4 Å². The maximum absolute atomic E-state index is 13.7. The molecule has 0 radical (unpaired) electrons. The van der Waals surface area contributed by atoms with Crippen LogP contribution < -0.4 is 19.7 Å². The van der Waals surface area contributed by atoms with Gasteiger partial charge in [-0.05, 0) is 30.3 Å². The Balaban J connectivity index is 1.41. The van der Waals surface area contributed by atoms with E-state index in [1.54, 1.807) is 0 Å². The van der Waals surface area contributed by atoms with Crippen molar-refractivity contribution in [3.63, 3.8) is 0 Å². The molecule has 10 nitrogen and oxygen atoms in total. The summed E-state index contributed by atoms with van der Waals surface area (Å²) in [7, 11) is 1.37. The van der Waals surface area contributed by atoms with Crippen molar-refractivity contribution in [2.45, 2.75) is 37.6 Å². The Labute approximate surface area is 233 Å². The molecule has 2 unspecified atom stereocenters. The largest absolute Gasteiger partial charge is 0.586 e. The Morgan fingerprint density at radius 3 is 2.63 bits per heavy atom. The van der Waals surface area contributed by atoms with Crippen LogP contribution in [0, 0.1) is 0 Å². The highest BCUT2D eigenvalue weighted by molar-refractivity contribution is 6.32. The van der Waals surface area contributed by atoms with Gasteiger partial charge in [-0.2, -0.15) is 18.3 Å². The molecule has 1 saturated heterocycles. The van der Waals surface area contributed by atoms with E-state index in [9.17, 15) is 31.5 Å². The van der Waals surface area contributed by atoms with E-state index in [1.165, 1.54) is 49.5 Å². The number of aromatic nitrogens is 2. The highest BCUT2D eigenvalue weighted by Crippen LogP contribution is 2.43. The Morgan fingerprint density at radius 1 is 1.22 bits per heavy atom. The van der Waals surface area contributed by atoms with Gasteiger partial charge in [0.05, 0.1) is 29.1 Å². The molecular weight excluding hydrogens is 583 g/mol. The number of amides is 1. The smallest absolute Gasteiger partial charge is 0.480 e. The summed E-state index contributed by atoms with van der Waals surface area (Å²) >= 11 is 6.08. The van der Waals surface area contributed by atoms with E-state index in [4.69, 9.17) is 21.4 Å². The molecule has 0 spiro atoms. The molecule has 2 aromatic carbocycles. The van der Waals surface area contributed by atoms with Crippen LogP contribution in [0.25, 0.3) is 5.69 Å². The van der Waals surface area contributed by atoms with E-state index in [1.807, 2.05) is 0 Å². The fraction of sp³-hybridized carbons (Fsp3) is 0.320. The maximum atomic E-state index is 13.7. The van der Waals surface area contributed by atoms with Gasteiger partial charge in [0, 0.05) is 37.3 Å². The Hall–Kier alpha value is -3.95. The number of fused-ring (bicyclic) bond motifs is 1. The molecule has 0 saturated carbocycles. The van der Waals surface area contributed by atoms with Crippen molar-refractivity contribution in [1.29, 1.82) is 0 Å². The van der Waals surface area contributed by atoms with Crippen molar-refractivity contribution in [2.24, 2.45) is 0 Å². The predicted octanol–water partition coefficient (Wildman–Crippen LogP) is 4.47. The van der Waals surface area contributed by atoms with E-state index in [2.05, 4.69) is 19.9 Å². The van der Waals surface area contributed by atoms with Gasteiger partial charge in [0.2, 0.25) is 0 Å². The van der Waals surface area contributed by atoms with Crippen LogP contribution in [0.3, 0.4) is 0 Å². The van der Waals surface area contributed by atoms with Crippen molar-refractivity contribution in [2.75, 3.05) is 18.5 Å². The molecule has 3 heterocycles. The molecule has 2 atom stereocenters. The van der Waals surface area contributed by atoms with Crippen molar-refractivity contribution < 1.29 is 50.9 Å². The zero-order valence-electron chi connectivity index (χ0n) is 20.9. The molecule has 0 bridgehead atoms. The first-order valence-electron chi connectivity index (χ1n) is 11.9. The SMILES string of the molecule is CN(C(=O)c1cccc(-n2nc(C(F)(F)F)c(Cl)c2COC2CNC(C(=O)O)C2)c1)c1ccc2c(c1)OC(F)(F)O2. The quantitative estimate of drug-likeness (QED) is 0.381. The number of anilines is 1. The number of alkyl halides is 5. The van der Waals surface area contributed by atoms with Crippen LogP contribution in [0.5, 0.6) is 11.5 Å². The lowest BCUT2D eigenvalue weighted by Crippen LogP contribution is -2.29. The molecule has 2 N–H and O–H groups in total. The van der Waals surface area contributed by atoms with Crippen LogP contribution in [-0.4, -0.2) is 58.8 Å². The number of carbonyl (C=O) groups excluding carboxylic acids is 1. The van der Waals surface area contributed by atoms with Gasteiger partial charge in [-0.25, -0.2) is 4.68 Å². The first-order valence-corrected chi connectivity index (χ1v) is 12.3. The minimum Gasteiger partial charge on any atom is -0.480 e. The number of nitrogens with one attached hydrogen (secondary N) is 1. The summed E-state index contributed by atoms with van der Waals surface area (Å²) in [5, 5.41) is 14.8. The first-order chi connectivity index (χ1) is 19.2. The van der Waals surface area contributed by atoms with Gasteiger partial charge in [-0.1, -0.05) is 17.7 Å². The van der Waals surface area contributed by atoms with Crippen molar-refractivity contribution in [3.05, 3.63) is 64.4 Å². The molecule has 41 heavy (non-hydrogen) atoms. The normalized spacial score (nSPS) is 19.4. The van der Waals surface area contributed by atoms with Crippen molar-refractivity contribution >= 4 is 29.2 Å². The average Bonchev–Trinajstić information content (AvgIpc) is 3.60. The molecule has 16 heteroatoms. The zero-order valence-corrected chi connectivity index (χ0v) is 21.7. The van der Waals surface area contributed by atoms with Gasteiger partial charge in [-0.3, -0.25) is 9.59 Å². The van der Waals surface area contributed by atoms with Crippen LogP contribution in [0.15, 0.2) is 42.5 Å². The highest BCUT2D eigenvalue weighted by atomic mass is 35.5. The number of nitrogens with zero attached hydrogens (tertiary/aromatic N) is 3. The lowest BCUT2D eigenvalue weighted by Gasteiger charge is -2.18. The van der Waals surface area contributed by atoms with E-state index in [0.29, 0.717) is 0 Å². The predicted molar refractivity (Wildman–Crippen MR) is 132 cm³/mol. The molecule has 0 aliphatic carbocycles. The van der Waals surface area contributed by atoms with Crippen molar-refractivity contribution in [1.82, 2.24) is 15.1 Å². The van der Waals surface area contributed by atoms with Gasteiger partial charge in [0.15, 0.2) is 17.2 Å². The number of hydrogen-bond acceptors (Lipinski definition) is 7. The molecule has 2 aliphatic heterocycles. The number of benzene rings is 2. The number of carbonyl (C=O) groups is 2. The summed E-state index contributed by atoms with van der Waals surface area (Å²) in [4.78, 5) is 25.6. The lowest BCUT2D eigenvalue weighted by atomic mass is 10.1. The molecule has 1 fully saturated rings. The fourth-order valence-electron chi connectivity index (χ4n) is 4.40. The van der Waals surface area contributed by atoms with Crippen LogP contribution >= 0.6 is 11.6 Å². The Morgan fingerprint density at radius 2 is 1.95 bits per heavy atom. The number of hydrogen-bond donors (Lipinski definition) is 2. The van der Waals surface area contributed by atoms with Crippen LogP contribution in [0.2, 0.25) is 5.02 Å². The second-order valence-electron chi connectivity index (χ2n) is 9.20. The third-order valence-corrected chi connectivity index (χ3v) is 6.84. The van der Waals surface area contributed by atoms with Gasteiger partial charge in [0.1, 0.15) is 6.04 Å². The van der Waals surface area contributed by atoms with E-state index >= 15 is 0 Å². The molecule has 218 valence electrons. The summed E-state index contributed by atoms with van der Waals surface area (Å²) in [6.07, 6.45) is -9.25. The average molecular weight is 603 g/mol. The summed E-state index contributed by atoms with van der Waals surface area (Å²) in [6.45, 7) is -0.261. The number of aliphatic carboxylic acids is 1. The van der Waals surface area contributed by atoms with Crippen LogP contribution in [-0.2, 0) is 22.3 Å². The summed E-state index contributed by atoms with van der Waals surface area (Å²) < 4.78 is 83.2. The highest BCUT2D eigenvalue weighted by Gasteiger charge is 2.44. The number of halogens is 6. The molecular formula is C25H20ClF5N4O6. The minimum absolute atomic E-state index is 0.0318. The molecule has 5 rings (SSSR count). The second kappa shape index (κ2) is 10.5. The first kappa shape index (κ1) is 28.6. The van der Waals surface area contributed by atoms with Crippen LogP contribution in [0.1, 0.15) is 28.2 Å². The summed E-state index contributed by atoms with van der Waals surface area (Å²) in [5.41, 5.74) is -1.26. The molecule has 1 aromatic heterocycles. The molecule has 2 aliphatic rings. The molecule has 1 amide bonds. The van der Waals surface area contributed by atoms with Crippen molar-refractivity contribution in [3.8, 4) is 17.2 Å². The van der Waals surface area contributed by atoms with E-state index in [0.717, 1.165) is 9.58 Å². The van der Waals surface area contributed by atoms with E-state index in [-0.39, 0.29) is 47.1 Å². The summed E-state index contributed by atoms with van der Waals surface area (Å²) in [6, 6.07) is 8.41. The zero-order chi connectivity index (χ0) is 29.7. The monoisotopic (exact) mass is 602 g/mol. The standard InChI is InChI=1S/C25H20ClF5N4O6/c1-34(13-5-6-18-19(8-13)41-25(30,31)40-18)22(36)12-3-2-4-14(7-12)35-17(20(26)21(33-35)24(27,28)29)11-39-15-9-16(23(37)38)32-10-15/h2-8,15-16,32H,9-11H2,1H3,(H,37,38).